The van der Waals surface area contributed by atoms with Crippen molar-refractivity contribution in [2.24, 2.45) is 0 Å². The number of anilines is 1. The molecule has 0 unspecified atom stereocenters. The van der Waals surface area contributed by atoms with E-state index in [0.29, 0.717) is 11.6 Å². The molecule has 2 aliphatic rings. The predicted molar refractivity (Wildman–Crippen MR) is 85.1 cm³/mol. The Morgan fingerprint density at radius 2 is 2.24 bits per heavy atom. The lowest BCUT2D eigenvalue weighted by molar-refractivity contribution is 0.0411. The number of fused-ring (bicyclic) bond motifs is 3. The second-order valence-corrected chi connectivity index (χ2v) is 8.14. The second kappa shape index (κ2) is 4.86. The standard InChI is InChI=1S/C15H17BrClNO3/c1-14(2,3)21-13(19)18-10-6-4-5-9(17)11(10)15(16)7-8-20-12(15)18/h4-6,12H,7-8H2,1-3H3/t12-,15+/m0/s1. The molecule has 0 aromatic heterocycles. The van der Waals surface area contributed by atoms with Gasteiger partial charge < -0.3 is 9.47 Å². The molecule has 1 amide bonds. The van der Waals surface area contributed by atoms with Gasteiger partial charge in [-0.05, 0) is 39.3 Å². The van der Waals surface area contributed by atoms with E-state index in [2.05, 4.69) is 15.9 Å². The van der Waals surface area contributed by atoms with Gasteiger partial charge in [0.15, 0.2) is 6.23 Å². The summed E-state index contributed by atoms with van der Waals surface area (Å²) < 4.78 is 10.8. The maximum atomic E-state index is 12.6. The van der Waals surface area contributed by atoms with E-state index in [-0.39, 0.29) is 0 Å². The van der Waals surface area contributed by atoms with Crippen LogP contribution in [0.4, 0.5) is 10.5 Å². The zero-order valence-corrected chi connectivity index (χ0v) is 14.5. The van der Waals surface area contributed by atoms with Crippen molar-refractivity contribution in [3.05, 3.63) is 28.8 Å². The minimum atomic E-state index is -0.564. The number of hydrogen-bond donors (Lipinski definition) is 0. The van der Waals surface area contributed by atoms with Crippen LogP contribution in [0.15, 0.2) is 18.2 Å². The van der Waals surface area contributed by atoms with Crippen molar-refractivity contribution < 1.29 is 14.3 Å². The summed E-state index contributed by atoms with van der Waals surface area (Å²) in [5, 5.41) is 0.630. The first-order valence-corrected chi connectivity index (χ1v) is 8.03. The van der Waals surface area contributed by atoms with Gasteiger partial charge in [-0.15, -0.1) is 0 Å². The summed E-state index contributed by atoms with van der Waals surface area (Å²) in [5.41, 5.74) is 1.09. The first kappa shape index (κ1) is 15.1. The SMILES string of the molecule is CC(C)(C)OC(=O)N1c2cccc(Cl)c2[C@]2(Br)CCO[C@H]12. The Bertz CT molecular complexity index is 601. The molecule has 2 heterocycles. The Morgan fingerprint density at radius 1 is 1.52 bits per heavy atom. The molecule has 114 valence electrons. The van der Waals surface area contributed by atoms with Gasteiger partial charge in [0.2, 0.25) is 0 Å². The van der Waals surface area contributed by atoms with Crippen LogP contribution >= 0.6 is 27.5 Å². The third-order valence-corrected chi connectivity index (χ3v) is 5.12. The molecule has 0 N–H and O–H groups in total. The predicted octanol–water partition coefficient (Wildman–Crippen LogP) is 4.43. The molecule has 21 heavy (non-hydrogen) atoms. The molecule has 6 heteroatoms. The van der Waals surface area contributed by atoms with Crippen LogP contribution < -0.4 is 4.90 Å². The highest BCUT2D eigenvalue weighted by Gasteiger charge is 2.57. The van der Waals surface area contributed by atoms with Crippen molar-refractivity contribution in [2.45, 2.75) is 43.3 Å². The molecule has 0 bridgehead atoms. The highest BCUT2D eigenvalue weighted by molar-refractivity contribution is 9.09. The van der Waals surface area contributed by atoms with E-state index in [1.807, 2.05) is 39.0 Å². The van der Waals surface area contributed by atoms with E-state index >= 15 is 0 Å². The van der Waals surface area contributed by atoms with Crippen LogP contribution in [-0.4, -0.2) is 24.5 Å². The Balaban J connectivity index is 2.07. The topological polar surface area (TPSA) is 38.8 Å². The second-order valence-electron chi connectivity index (χ2n) is 6.32. The third-order valence-electron chi connectivity index (χ3n) is 3.62. The summed E-state index contributed by atoms with van der Waals surface area (Å²) >= 11 is 10.1. The summed E-state index contributed by atoms with van der Waals surface area (Å²) in [5.74, 6) is 0. The Labute approximate surface area is 137 Å². The molecule has 0 aliphatic carbocycles. The molecule has 2 atom stereocenters. The van der Waals surface area contributed by atoms with E-state index in [9.17, 15) is 4.79 Å². The van der Waals surface area contributed by atoms with Crippen LogP contribution in [-0.2, 0) is 13.8 Å². The number of alkyl halides is 1. The summed E-state index contributed by atoms with van der Waals surface area (Å²) in [6.45, 7) is 6.10. The van der Waals surface area contributed by atoms with Crippen molar-refractivity contribution in [2.75, 3.05) is 11.5 Å². The van der Waals surface area contributed by atoms with Crippen molar-refractivity contribution >= 4 is 39.3 Å². The lowest BCUT2D eigenvalue weighted by Gasteiger charge is -2.29. The fourth-order valence-corrected chi connectivity index (χ4v) is 4.23. The summed E-state index contributed by atoms with van der Waals surface area (Å²) in [6, 6.07) is 5.53. The van der Waals surface area contributed by atoms with Crippen LogP contribution in [0, 0.1) is 0 Å². The number of nitrogens with zero attached hydrogens (tertiary/aromatic N) is 1. The normalized spacial score (nSPS) is 27.5. The van der Waals surface area contributed by atoms with Gasteiger partial charge in [-0.1, -0.05) is 33.6 Å². The van der Waals surface area contributed by atoms with Crippen LogP contribution in [0.5, 0.6) is 0 Å². The quantitative estimate of drug-likeness (QED) is 0.631. The zero-order chi connectivity index (χ0) is 15.4. The molecule has 1 aromatic carbocycles. The molecule has 4 nitrogen and oxygen atoms in total. The lowest BCUT2D eigenvalue weighted by Crippen LogP contribution is -2.45. The van der Waals surface area contributed by atoms with Gasteiger partial charge in [0.25, 0.3) is 0 Å². The summed E-state index contributed by atoms with van der Waals surface area (Å²) in [4.78, 5) is 14.1. The molecule has 1 saturated heterocycles. The van der Waals surface area contributed by atoms with Crippen molar-refractivity contribution in [1.29, 1.82) is 0 Å². The van der Waals surface area contributed by atoms with E-state index in [4.69, 9.17) is 21.1 Å². The maximum Gasteiger partial charge on any atom is 0.417 e. The van der Waals surface area contributed by atoms with Gasteiger partial charge in [-0.25, -0.2) is 9.69 Å². The Morgan fingerprint density at radius 3 is 2.90 bits per heavy atom. The smallest absolute Gasteiger partial charge is 0.417 e. The van der Waals surface area contributed by atoms with Gasteiger partial charge in [-0.2, -0.15) is 0 Å². The van der Waals surface area contributed by atoms with Crippen molar-refractivity contribution in [1.82, 2.24) is 0 Å². The van der Waals surface area contributed by atoms with Gasteiger partial charge in [0.05, 0.1) is 12.3 Å². The average Bonchev–Trinajstić information content (AvgIpc) is 2.79. The molecule has 1 fully saturated rings. The first-order chi connectivity index (χ1) is 9.74. The van der Waals surface area contributed by atoms with Gasteiger partial charge in [0, 0.05) is 10.6 Å². The van der Waals surface area contributed by atoms with Crippen LogP contribution in [0.25, 0.3) is 0 Å². The number of amides is 1. The fraction of sp³-hybridized carbons (Fsp3) is 0.533. The number of benzene rings is 1. The van der Waals surface area contributed by atoms with E-state index in [0.717, 1.165) is 17.7 Å². The van der Waals surface area contributed by atoms with Crippen LogP contribution in [0.3, 0.4) is 0 Å². The Kier molecular flexibility index (Phi) is 3.50. The van der Waals surface area contributed by atoms with Crippen molar-refractivity contribution in [3.8, 4) is 0 Å². The van der Waals surface area contributed by atoms with Crippen molar-refractivity contribution in [3.63, 3.8) is 0 Å². The number of hydrogen-bond acceptors (Lipinski definition) is 3. The first-order valence-electron chi connectivity index (χ1n) is 6.86. The summed E-state index contributed by atoms with van der Waals surface area (Å²) in [6.07, 6.45) is -0.0882. The minimum Gasteiger partial charge on any atom is -0.443 e. The third kappa shape index (κ3) is 2.35. The zero-order valence-electron chi connectivity index (χ0n) is 12.2. The van der Waals surface area contributed by atoms with Gasteiger partial charge >= 0.3 is 6.09 Å². The van der Waals surface area contributed by atoms with Crippen LogP contribution in [0.2, 0.25) is 5.02 Å². The van der Waals surface area contributed by atoms with E-state index in [1.54, 1.807) is 4.90 Å². The van der Waals surface area contributed by atoms with Crippen LogP contribution in [0.1, 0.15) is 32.8 Å². The average molecular weight is 375 g/mol. The number of rotatable bonds is 0. The minimum absolute atomic E-state index is 0.417. The lowest BCUT2D eigenvalue weighted by atomic mass is 9.98. The Hall–Kier alpha value is -0.780. The molecule has 0 radical (unpaired) electrons. The molecular weight excluding hydrogens is 358 g/mol. The van der Waals surface area contributed by atoms with E-state index < -0.39 is 22.2 Å². The van der Waals surface area contributed by atoms with Gasteiger partial charge in [0.1, 0.15) is 9.93 Å². The fourth-order valence-electron chi connectivity index (χ4n) is 2.86. The highest BCUT2D eigenvalue weighted by atomic mass is 79.9. The molecule has 0 saturated carbocycles. The molecule has 0 spiro atoms. The largest absolute Gasteiger partial charge is 0.443 e. The molecule has 1 aromatic rings. The molecule has 3 rings (SSSR count). The van der Waals surface area contributed by atoms with E-state index in [1.165, 1.54) is 0 Å². The number of carbonyl (C=O) groups is 1. The summed E-state index contributed by atoms with van der Waals surface area (Å²) in [7, 11) is 0. The number of halogens is 2. The van der Waals surface area contributed by atoms with Gasteiger partial charge in [-0.3, -0.25) is 0 Å². The monoisotopic (exact) mass is 373 g/mol. The maximum absolute atomic E-state index is 12.6. The number of ether oxygens (including phenoxy) is 2. The highest BCUT2D eigenvalue weighted by Crippen LogP contribution is 2.57. The molecule has 2 aliphatic heterocycles. The molecular formula is C15H17BrClNO3. The number of carbonyl (C=O) groups excluding carboxylic acids is 1.